The van der Waals surface area contributed by atoms with Gasteiger partial charge in [0.25, 0.3) is 5.69 Å². The molecule has 26 heavy (non-hydrogen) atoms. The number of benzene rings is 1. The maximum Gasteiger partial charge on any atom is 0.305 e. The van der Waals surface area contributed by atoms with Crippen LogP contribution in [0.15, 0.2) is 23.1 Å². The minimum Gasteiger partial charge on any atom is -0.481 e. The van der Waals surface area contributed by atoms with Gasteiger partial charge in [-0.15, -0.1) is 0 Å². The monoisotopic (exact) mass is 385 g/mol. The number of carboxylic acid groups (broad SMARTS) is 1. The Morgan fingerprint density at radius 1 is 1.31 bits per heavy atom. The molecule has 0 atom stereocenters. The molecule has 0 bridgehead atoms. The van der Waals surface area contributed by atoms with Crippen molar-refractivity contribution in [3.05, 3.63) is 28.3 Å². The van der Waals surface area contributed by atoms with E-state index in [9.17, 15) is 23.3 Å². The fourth-order valence-electron chi connectivity index (χ4n) is 2.95. The van der Waals surface area contributed by atoms with E-state index >= 15 is 0 Å². The first-order valence-corrected chi connectivity index (χ1v) is 9.94. The molecule has 0 heterocycles. The number of sulfonamides is 1. The maximum atomic E-state index is 12.5. The standard InChI is InChI=1S/C16H23N3O6S/c1-11-2-4-12(5-3-11)18-26(24,25)13-6-7-14(15(10-13)19(22)23)17-9-8-16(20)21/h6-7,10-12,17-18H,2-5,8-9H2,1H3,(H,20,21). The lowest BCUT2D eigenvalue weighted by Gasteiger charge is -2.26. The van der Waals surface area contributed by atoms with Crippen LogP contribution in [0, 0.1) is 16.0 Å². The summed E-state index contributed by atoms with van der Waals surface area (Å²) in [4.78, 5) is 20.9. The van der Waals surface area contributed by atoms with Crippen LogP contribution in [-0.2, 0) is 14.8 Å². The third-order valence-electron chi connectivity index (χ3n) is 4.47. The normalized spacial score (nSPS) is 20.5. The van der Waals surface area contributed by atoms with Gasteiger partial charge < -0.3 is 10.4 Å². The Balaban J connectivity index is 2.16. The number of nitro benzene ring substituents is 1. The number of nitro groups is 1. The predicted octanol–water partition coefficient (Wildman–Crippen LogP) is 2.34. The highest BCUT2D eigenvalue weighted by Gasteiger charge is 2.26. The third kappa shape index (κ3) is 5.40. The first kappa shape index (κ1) is 20.1. The van der Waals surface area contributed by atoms with Crippen LogP contribution in [0.25, 0.3) is 0 Å². The van der Waals surface area contributed by atoms with Gasteiger partial charge in [-0.3, -0.25) is 14.9 Å². The molecule has 1 fully saturated rings. The van der Waals surface area contributed by atoms with Crippen molar-refractivity contribution in [1.82, 2.24) is 4.72 Å². The molecule has 144 valence electrons. The summed E-state index contributed by atoms with van der Waals surface area (Å²) in [6.07, 6.45) is 3.17. The summed E-state index contributed by atoms with van der Waals surface area (Å²) >= 11 is 0. The fourth-order valence-corrected chi connectivity index (χ4v) is 4.27. The van der Waals surface area contributed by atoms with Crippen molar-refractivity contribution in [2.24, 2.45) is 5.92 Å². The van der Waals surface area contributed by atoms with E-state index < -0.39 is 26.6 Å². The summed E-state index contributed by atoms with van der Waals surface area (Å²) in [5, 5.41) is 22.5. The second-order valence-electron chi connectivity index (χ2n) is 6.58. The Kier molecular flexibility index (Phi) is 6.54. The zero-order valence-electron chi connectivity index (χ0n) is 14.5. The number of anilines is 1. The predicted molar refractivity (Wildman–Crippen MR) is 95.6 cm³/mol. The molecule has 1 aromatic rings. The van der Waals surface area contributed by atoms with Crippen molar-refractivity contribution in [2.45, 2.75) is 50.0 Å². The van der Waals surface area contributed by atoms with Gasteiger partial charge in [0.05, 0.1) is 16.2 Å². The number of carbonyl (C=O) groups is 1. The molecular formula is C16H23N3O6S. The Labute approximate surface area is 152 Å². The van der Waals surface area contributed by atoms with Crippen LogP contribution in [0.3, 0.4) is 0 Å². The van der Waals surface area contributed by atoms with Crippen LogP contribution in [-0.4, -0.2) is 37.0 Å². The highest BCUT2D eigenvalue weighted by molar-refractivity contribution is 7.89. The number of hydrogen-bond acceptors (Lipinski definition) is 6. The van der Waals surface area contributed by atoms with E-state index in [-0.39, 0.29) is 29.6 Å². The van der Waals surface area contributed by atoms with Crippen molar-refractivity contribution in [1.29, 1.82) is 0 Å². The van der Waals surface area contributed by atoms with Gasteiger partial charge in [-0.1, -0.05) is 6.92 Å². The summed E-state index contributed by atoms with van der Waals surface area (Å²) < 4.78 is 27.7. The average Bonchev–Trinajstić information content (AvgIpc) is 2.56. The number of rotatable bonds is 8. The lowest BCUT2D eigenvalue weighted by molar-refractivity contribution is -0.384. The molecule has 1 aliphatic carbocycles. The van der Waals surface area contributed by atoms with Crippen molar-refractivity contribution in [3.8, 4) is 0 Å². The van der Waals surface area contributed by atoms with Crippen molar-refractivity contribution < 1.29 is 23.2 Å². The molecule has 10 heteroatoms. The Bertz CT molecular complexity index is 772. The minimum absolute atomic E-state index is 0.000772. The van der Waals surface area contributed by atoms with Gasteiger partial charge in [-0.2, -0.15) is 0 Å². The molecule has 0 saturated heterocycles. The van der Waals surface area contributed by atoms with Crippen LogP contribution in [0.1, 0.15) is 39.0 Å². The highest BCUT2D eigenvalue weighted by atomic mass is 32.2. The molecule has 0 aliphatic heterocycles. The van der Waals surface area contributed by atoms with Gasteiger partial charge in [0.15, 0.2) is 0 Å². The highest BCUT2D eigenvalue weighted by Crippen LogP contribution is 2.29. The quantitative estimate of drug-likeness (QED) is 0.461. The first-order chi connectivity index (χ1) is 12.2. The summed E-state index contributed by atoms with van der Waals surface area (Å²) in [6.45, 7) is 2.13. The molecule has 1 aromatic carbocycles. The third-order valence-corrected chi connectivity index (χ3v) is 5.99. The Hall–Kier alpha value is -2.20. The SMILES string of the molecule is CC1CCC(NS(=O)(=O)c2ccc(NCCC(=O)O)c([N+](=O)[O-])c2)CC1. The van der Waals surface area contributed by atoms with Gasteiger partial charge >= 0.3 is 5.97 Å². The molecule has 0 unspecified atom stereocenters. The second-order valence-corrected chi connectivity index (χ2v) is 8.30. The van der Waals surface area contributed by atoms with E-state index in [1.54, 1.807) is 0 Å². The topological polar surface area (TPSA) is 139 Å². The van der Waals surface area contributed by atoms with Gasteiger partial charge in [-0.05, 0) is 43.7 Å². The number of hydrogen-bond donors (Lipinski definition) is 3. The van der Waals surface area contributed by atoms with E-state index in [0.717, 1.165) is 31.7 Å². The van der Waals surface area contributed by atoms with Crippen LogP contribution in [0.4, 0.5) is 11.4 Å². The van der Waals surface area contributed by atoms with Crippen molar-refractivity contribution >= 4 is 27.4 Å². The largest absolute Gasteiger partial charge is 0.481 e. The molecule has 2 rings (SSSR count). The van der Waals surface area contributed by atoms with Crippen molar-refractivity contribution in [2.75, 3.05) is 11.9 Å². The van der Waals surface area contributed by atoms with Crippen molar-refractivity contribution in [3.63, 3.8) is 0 Å². The van der Waals surface area contributed by atoms with Crippen LogP contribution < -0.4 is 10.0 Å². The number of aliphatic carboxylic acids is 1. The first-order valence-electron chi connectivity index (χ1n) is 8.45. The van der Waals surface area contributed by atoms with Crippen LogP contribution >= 0.6 is 0 Å². The van der Waals surface area contributed by atoms with Gasteiger partial charge in [0, 0.05) is 18.7 Å². The van der Waals surface area contributed by atoms with Gasteiger partial charge in [0.1, 0.15) is 5.69 Å². The lowest BCUT2D eigenvalue weighted by atomic mass is 9.88. The number of carboxylic acids is 1. The van der Waals surface area contributed by atoms with Gasteiger partial charge in [-0.25, -0.2) is 13.1 Å². The molecule has 1 saturated carbocycles. The van der Waals surface area contributed by atoms with Crippen LogP contribution in [0.2, 0.25) is 0 Å². The van der Waals surface area contributed by atoms with E-state index in [2.05, 4.69) is 17.0 Å². The molecular weight excluding hydrogens is 362 g/mol. The molecule has 0 amide bonds. The summed E-state index contributed by atoms with van der Waals surface area (Å²) in [5.74, 6) is -0.460. The maximum absolute atomic E-state index is 12.5. The van der Waals surface area contributed by atoms with E-state index in [1.165, 1.54) is 12.1 Å². The summed E-state index contributed by atoms with van der Waals surface area (Å²) in [6, 6.07) is 3.40. The molecule has 9 nitrogen and oxygen atoms in total. The van der Waals surface area contributed by atoms with Crippen LogP contribution in [0.5, 0.6) is 0 Å². The molecule has 1 aliphatic rings. The zero-order chi connectivity index (χ0) is 19.3. The second kappa shape index (κ2) is 8.45. The summed E-state index contributed by atoms with van der Waals surface area (Å²) in [7, 11) is -3.86. The Morgan fingerprint density at radius 3 is 2.54 bits per heavy atom. The summed E-state index contributed by atoms with van der Waals surface area (Å²) in [5.41, 5.74) is -0.322. The molecule has 0 radical (unpaired) electrons. The Morgan fingerprint density at radius 2 is 1.96 bits per heavy atom. The van der Waals surface area contributed by atoms with E-state index in [0.29, 0.717) is 5.92 Å². The number of nitrogens with one attached hydrogen (secondary N) is 2. The minimum atomic E-state index is -3.86. The average molecular weight is 385 g/mol. The molecule has 0 aromatic heterocycles. The van der Waals surface area contributed by atoms with E-state index in [4.69, 9.17) is 5.11 Å². The smallest absolute Gasteiger partial charge is 0.305 e. The van der Waals surface area contributed by atoms with Gasteiger partial charge in [0.2, 0.25) is 10.0 Å². The molecule has 0 spiro atoms. The number of nitrogens with zero attached hydrogens (tertiary/aromatic N) is 1. The fraction of sp³-hybridized carbons (Fsp3) is 0.562. The zero-order valence-corrected chi connectivity index (χ0v) is 15.3. The lowest BCUT2D eigenvalue weighted by Crippen LogP contribution is -2.37. The van der Waals surface area contributed by atoms with E-state index in [1.807, 2.05) is 0 Å². The molecule has 3 N–H and O–H groups in total.